The first-order valence-electron chi connectivity index (χ1n) is 5.85. The number of hydrogen-bond donors (Lipinski definition) is 1. The van der Waals surface area contributed by atoms with Gasteiger partial charge in [0, 0.05) is 4.47 Å². The first kappa shape index (κ1) is 14.1. The molecule has 1 N–H and O–H groups in total. The molecule has 0 aromatic heterocycles. The first-order valence-corrected chi connectivity index (χ1v) is 6.64. The van der Waals surface area contributed by atoms with E-state index in [1.807, 2.05) is 0 Å². The second-order valence-corrected chi connectivity index (χ2v) is 5.85. The van der Waals surface area contributed by atoms with Crippen molar-refractivity contribution in [2.75, 3.05) is 6.54 Å². The summed E-state index contributed by atoms with van der Waals surface area (Å²) >= 11 is 3.24. The van der Waals surface area contributed by atoms with Gasteiger partial charge in [-0.15, -0.1) is 0 Å². The number of rotatable bonds is 2. The molecule has 4 nitrogen and oxygen atoms in total. The summed E-state index contributed by atoms with van der Waals surface area (Å²) in [5, 5.41) is 2.88. The molecular formula is C13H14BrFN2O2. The lowest BCUT2D eigenvalue weighted by Gasteiger charge is -2.36. The normalized spacial score (nSPS) is 18.8. The fourth-order valence-electron chi connectivity index (χ4n) is 1.90. The molecular weight excluding hydrogens is 315 g/mol. The Morgan fingerprint density at radius 1 is 1.42 bits per heavy atom. The van der Waals surface area contributed by atoms with Crippen molar-refractivity contribution in [1.29, 1.82) is 0 Å². The Hall–Kier alpha value is -1.27. The average molecular weight is 329 g/mol. The summed E-state index contributed by atoms with van der Waals surface area (Å²) in [7, 11) is 0. The van der Waals surface area contributed by atoms with Crippen molar-refractivity contribution in [1.82, 2.24) is 10.2 Å². The number of nitrogens with one attached hydrogen (secondary N) is 1. The van der Waals surface area contributed by atoms with Gasteiger partial charge < -0.3 is 0 Å². The van der Waals surface area contributed by atoms with E-state index in [-0.39, 0.29) is 30.7 Å². The standard InChI is InChI=1S/C13H14BrFN2O2/c1-13(2)12(19)17(11(18)6-16-13)7-8-3-4-9(15)5-10(8)14/h3-5,16H,6-7H2,1-2H3. The monoisotopic (exact) mass is 328 g/mol. The quantitative estimate of drug-likeness (QED) is 0.842. The van der Waals surface area contributed by atoms with Gasteiger partial charge in [-0.25, -0.2) is 4.39 Å². The largest absolute Gasteiger partial charge is 0.295 e. The van der Waals surface area contributed by atoms with Crippen LogP contribution >= 0.6 is 15.9 Å². The van der Waals surface area contributed by atoms with E-state index in [0.29, 0.717) is 10.0 Å². The van der Waals surface area contributed by atoms with E-state index in [4.69, 9.17) is 0 Å². The maximum Gasteiger partial charge on any atom is 0.249 e. The molecule has 1 aromatic rings. The molecule has 1 fully saturated rings. The van der Waals surface area contributed by atoms with Crippen molar-refractivity contribution in [3.63, 3.8) is 0 Å². The first-order chi connectivity index (χ1) is 8.81. The zero-order chi connectivity index (χ0) is 14.2. The maximum absolute atomic E-state index is 13.0. The Bertz CT molecular complexity index is 545. The third-order valence-corrected chi connectivity index (χ3v) is 3.84. The summed E-state index contributed by atoms with van der Waals surface area (Å²) in [6.45, 7) is 3.73. The van der Waals surface area contributed by atoms with Crippen LogP contribution in [0.15, 0.2) is 22.7 Å². The topological polar surface area (TPSA) is 49.4 Å². The van der Waals surface area contributed by atoms with Crippen molar-refractivity contribution in [2.45, 2.75) is 25.9 Å². The van der Waals surface area contributed by atoms with Gasteiger partial charge in [0.05, 0.1) is 18.6 Å². The van der Waals surface area contributed by atoms with Gasteiger partial charge in [0.15, 0.2) is 0 Å². The lowest BCUT2D eigenvalue weighted by molar-refractivity contribution is -0.153. The Balaban J connectivity index is 2.25. The number of carbonyl (C=O) groups excluding carboxylic acids is 2. The highest BCUT2D eigenvalue weighted by atomic mass is 79.9. The zero-order valence-electron chi connectivity index (χ0n) is 10.7. The van der Waals surface area contributed by atoms with Crippen molar-refractivity contribution >= 4 is 27.7 Å². The van der Waals surface area contributed by atoms with E-state index in [0.717, 1.165) is 0 Å². The fraction of sp³-hybridized carbons (Fsp3) is 0.385. The highest BCUT2D eigenvalue weighted by molar-refractivity contribution is 9.10. The Morgan fingerprint density at radius 3 is 2.74 bits per heavy atom. The van der Waals surface area contributed by atoms with Gasteiger partial charge in [0.25, 0.3) is 0 Å². The Labute approximate surface area is 119 Å². The van der Waals surface area contributed by atoms with Gasteiger partial charge in [0.2, 0.25) is 11.8 Å². The molecule has 0 atom stereocenters. The van der Waals surface area contributed by atoms with Gasteiger partial charge in [-0.2, -0.15) is 0 Å². The predicted molar refractivity (Wildman–Crippen MR) is 71.7 cm³/mol. The second kappa shape index (κ2) is 5.02. The molecule has 1 aliphatic heterocycles. The summed E-state index contributed by atoms with van der Waals surface area (Å²) in [5.74, 6) is -0.922. The third kappa shape index (κ3) is 2.84. The molecule has 1 aliphatic rings. The van der Waals surface area contributed by atoms with Gasteiger partial charge in [-0.3, -0.25) is 19.8 Å². The number of carbonyl (C=O) groups is 2. The van der Waals surface area contributed by atoms with E-state index in [1.54, 1.807) is 19.9 Å². The molecule has 102 valence electrons. The maximum atomic E-state index is 13.0. The lowest BCUT2D eigenvalue weighted by Crippen LogP contribution is -2.63. The van der Waals surface area contributed by atoms with E-state index < -0.39 is 5.54 Å². The van der Waals surface area contributed by atoms with Crippen LogP contribution in [-0.2, 0) is 16.1 Å². The van der Waals surface area contributed by atoms with Crippen LogP contribution in [-0.4, -0.2) is 28.8 Å². The highest BCUT2D eigenvalue weighted by Crippen LogP contribution is 2.22. The minimum absolute atomic E-state index is 0.123. The minimum atomic E-state index is -0.763. The Kier molecular flexibility index (Phi) is 3.73. The molecule has 0 radical (unpaired) electrons. The van der Waals surface area contributed by atoms with Gasteiger partial charge in [-0.1, -0.05) is 22.0 Å². The Morgan fingerprint density at radius 2 is 2.11 bits per heavy atom. The van der Waals surface area contributed by atoms with Gasteiger partial charge in [-0.05, 0) is 31.5 Å². The van der Waals surface area contributed by atoms with Crippen LogP contribution in [0.1, 0.15) is 19.4 Å². The highest BCUT2D eigenvalue weighted by Gasteiger charge is 2.39. The number of benzene rings is 1. The molecule has 19 heavy (non-hydrogen) atoms. The molecule has 0 saturated carbocycles. The SMILES string of the molecule is CC1(C)NCC(=O)N(Cc2ccc(F)cc2Br)C1=O. The number of imide groups is 1. The molecule has 1 heterocycles. The lowest BCUT2D eigenvalue weighted by atomic mass is 10.00. The van der Waals surface area contributed by atoms with Crippen LogP contribution in [0.2, 0.25) is 0 Å². The molecule has 0 aliphatic carbocycles. The number of hydrogen-bond acceptors (Lipinski definition) is 3. The van der Waals surface area contributed by atoms with E-state index in [9.17, 15) is 14.0 Å². The summed E-state index contributed by atoms with van der Waals surface area (Å²) in [6, 6.07) is 4.19. The average Bonchev–Trinajstić information content (AvgIpc) is 2.33. The summed E-state index contributed by atoms with van der Waals surface area (Å²) in [4.78, 5) is 25.2. The molecule has 0 unspecified atom stereocenters. The number of halogens is 2. The van der Waals surface area contributed by atoms with E-state index in [2.05, 4.69) is 21.2 Å². The number of amides is 2. The number of nitrogens with zero attached hydrogens (tertiary/aromatic N) is 1. The summed E-state index contributed by atoms with van der Waals surface area (Å²) in [6.07, 6.45) is 0. The van der Waals surface area contributed by atoms with Crippen LogP contribution in [0, 0.1) is 5.82 Å². The van der Waals surface area contributed by atoms with E-state index in [1.165, 1.54) is 17.0 Å². The van der Waals surface area contributed by atoms with Crippen molar-refractivity contribution in [2.24, 2.45) is 0 Å². The van der Waals surface area contributed by atoms with Gasteiger partial charge in [0.1, 0.15) is 5.82 Å². The molecule has 1 aromatic carbocycles. The van der Waals surface area contributed by atoms with Crippen LogP contribution in [0.4, 0.5) is 4.39 Å². The van der Waals surface area contributed by atoms with Crippen molar-refractivity contribution in [3.05, 3.63) is 34.1 Å². The van der Waals surface area contributed by atoms with Crippen LogP contribution in [0.25, 0.3) is 0 Å². The third-order valence-electron chi connectivity index (χ3n) is 3.11. The molecule has 6 heteroatoms. The molecule has 0 bridgehead atoms. The smallest absolute Gasteiger partial charge is 0.249 e. The molecule has 0 spiro atoms. The van der Waals surface area contributed by atoms with Crippen molar-refractivity contribution < 1.29 is 14.0 Å². The molecule has 2 amide bonds. The van der Waals surface area contributed by atoms with Crippen LogP contribution < -0.4 is 5.32 Å². The minimum Gasteiger partial charge on any atom is -0.295 e. The van der Waals surface area contributed by atoms with Gasteiger partial charge >= 0.3 is 0 Å². The summed E-state index contributed by atoms with van der Waals surface area (Å²) in [5.41, 5.74) is -0.0683. The van der Waals surface area contributed by atoms with Crippen molar-refractivity contribution in [3.8, 4) is 0 Å². The molecule has 1 saturated heterocycles. The van der Waals surface area contributed by atoms with E-state index >= 15 is 0 Å². The molecule has 2 rings (SSSR count). The van der Waals surface area contributed by atoms with Crippen LogP contribution in [0.5, 0.6) is 0 Å². The predicted octanol–water partition coefficient (Wildman–Crippen LogP) is 1.83. The fourth-order valence-corrected chi connectivity index (χ4v) is 2.37. The summed E-state index contributed by atoms with van der Waals surface area (Å²) < 4.78 is 13.6. The van der Waals surface area contributed by atoms with Crippen LogP contribution in [0.3, 0.4) is 0 Å². The number of piperazine rings is 1. The zero-order valence-corrected chi connectivity index (χ0v) is 12.3. The second-order valence-electron chi connectivity index (χ2n) is 5.00.